The van der Waals surface area contributed by atoms with Crippen molar-refractivity contribution in [1.29, 1.82) is 0 Å². The van der Waals surface area contributed by atoms with Crippen LogP contribution in [0.4, 0.5) is 0 Å². The van der Waals surface area contributed by atoms with Gasteiger partial charge in [-0.2, -0.15) is 0 Å². The summed E-state index contributed by atoms with van der Waals surface area (Å²) in [6.45, 7) is 4.74. The summed E-state index contributed by atoms with van der Waals surface area (Å²) in [4.78, 5) is 4.44. The predicted octanol–water partition coefficient (Wildman–Crippen LogP) is 3.09. The van der Waals surface area contributed by atoms with Gasteiger partial charge >= 0.3 is 0 Å². The molecule has 2 N–H and O–H groups in total. The molecule has 0 saturated carbocycles. The van der Waals surface area contributed by atoms with Crippen molar-refractivity contribution in [3.05, 3.63) is 59.4 Å². The quantitative estimate of drug-likeness (QED) is 0.894. The molecule has 0 spiro atoms. The number of hydrogen-bond donors (Lipinski definition) is 1. The van der Waals surface area contributed by atoms with Crippen molar-refractivity contribution in [2.75, 3.05) is 6.61 Å². The molecule has 2 rings (SSSR count). The van der Waals surface area contributed by atoms with E-state index in [1.54, 1.807) is 6.20 Å². The first-order valence-corrected chi connectivity index (χ1v) is 6.68. The van der Waals surface area contributed by atoms with Gasteiger partial charge in [0.25, 0.3) is 0 Å². The molecule has 100 valence electrons. The minimum Gasteiger partial charge on any atom is -0.494 e. The van der Waals surface area contributed by atoms with Crippen LogP contribution in [0.5, 0.6) is 5.75 Å². The van der Waals surface area contributed by atoms with Gasteiger partial charge in [-0.25, -0.2) is 0 Å². The van der Waals surface area contributed by atoms with Gasteiger partial charge in [-0.15, -0.1) is 0 Å². The molecule has 1 atom stereocenters. The molecule has 3 heteroatoms. The van der Waals surface area contributed by atoms with Gasteiger partial charge in [0.05, 0.1) is 18.3 Å². The molecule has 0 amide bonds. The lowest BCUT2D eigenvalue weighted by molar-refractivity contribution is 0.340. The van der Waals surface area contributed by atoms with Crippen LogP contribution in [0.15, 0.2) is 42.6 Å². The smallest absolute Gasteiger partial charge is 0.119 e. The lowest BCUT2D eigenvalue weighted by Crippen LogP contribution is -2.15. The highest BCUT2D eigenvalue weighted by molar-refractivity contribution is 5.36. The Hall–Kier alpha value is -1.87. The molecular formula is C16H20N2O. The van der Waals surface area contributed by atoms with Crippen LogP contribution in [-0.4, -0.2) is 11.6 Å². The van der Waals surface area contributed by atoms with E-state index < -0.39 is 0 Å². The van der Waals surface area contributed by atoms with Gasteiger partial charge in [0, 0.05) is 6.20 Å². The van der Waals surface area contributed by atoms with Crippen LogP contribution in [0, 0.1) is 0 Å². The zero-order valence-corrected chi connectivity index (χ0v) is 11.5. The summed E-state index contributed by atoms with van der Waals surface area (Å²) in [6.07, 6.45) is 2.72. The van der Waals surface area contributed by atoms with Gasteiger partial charge in [0.15, 0.2) is 0 Å². The Morgan fingerprint density at radius 3 is 2.79 bits per heavy atom. The number of pyridine rings is 1. The number of aromatic nitrogens is 1. The van der Waals surface area contributed by atoms with Crippen LogP contribution >= 0.6 is 0 Å². The lowest BCUT2D eigenvalue weighted by Gasteiger charge is -2.16. The summed E-state index contributed by atoms with van der Waals surface area (Å²) >= 11 is 0. The standard InChI is InChI=1S/C16H20N2O/c1-3-12-8-6-10-18-16(12)15(17)13-7-5-9-14(11-13)19-4-2/h5-11,15H,3-4,17H2,1-2H3. The molecular weight excluding hydrogens is 236 g/mol. The Labute approximate surface area is 114 Å². The second kappa shape index (κ2) is 6.34. The van der Waals surface area contributed by atoms with Crippen LogP contribution in [0.1, 0.15) is 36.7 Å². The zero-order chi connectivity index (χ0) is 13.7. The summed E-state index contributed by atoms with van der Waals surface area (Å²) in [5, 5.41) is 0. The van der Waals surface area contributed by atoms with Crippen molar-refractivity contribution in [3.8, 4) is 5.75 Å². The van der Waals surface area contributed by atoms with Crippen molar-refractivity contribution in [3.63, 3.8) is 0 Å². The van der Waals surface area contributed by atoms with E-state index in [-0.39, 0.29) is 6.04 Å². The Morgan fingerprint density at radius 2 is 2.05 bits per heavy atom. The van der Waals surface area contributed by atoms with E-state index in [0.29, 0.717) is 6.61 Å². The Morgan fingerprint density at radius 1 is 1.21 bits per heavy atom. The normalized spacial score (nSPS) is 12.2. The monoisotopic (exact) mass is 256 g/mol. The van der Waals surface area contributed by atoms with E-state index in [1.807, 2.05) is 37.3 Å². The molecule has 0 saturated heterocycles. The molecule has 0 radical (unpaired) electrons. The fraction of sp³-hybridized carbons (Fsp3) is 0.312. The molecule has 19 heavy (non-hydrogen) atoms. The number of nitrogens with two attached hydrogens (primary N) is 1. The van der Waals surface area contributed by atoms with Gasteiger partial charge in [-0.05, 0) is 42.7 Å². The minimum atomic E-state index is -0.212. The molecule has 1 heterocycles. The molecule has 1 unspecified atom stereocenters. The Kier molecular flexibility index (Phi) is 4.53. The van der Waals surface area contributed by atoms with Crippen molar-refractivity contribution in [2.24, 2.45) is 5.73 Å². The van der Waals surface area contributed by atoms with Crippen molar-refractivity contribution >= 4 is 0 Å². The van der Waals surface area contributed by atoms with E-state index in [9.17, 15) is 0 Å². The zero-order valence-electron chi connectivity index (χ0n) is 11.5. The number of rotatable bonds is 5. The number of hydrogen-bond acceptors (Lipinski definition) is 3. The molecule has 1 aromatic carbocycles. The van der Waals surface area contributed by atoms with Crippen LogP contribution < -0.4 is 10.5 Å². The minimum absolute atomic E-state index is 0.212. The third-order valence-corrected chi connectivity index (χ3v) is 3.13. The summed E-state index contributed by atoms with van der Waals surface area (Å²) < 4.78 is 5.51. The highest BCUT2D eigenvalue weighted by Crippen LogP contribution is 2.24. The van der Waals surface area contributed by atoms with Crippen molar-refractivity contribution in [2.45, 2.75) is 26.3 Å². The summed E-state index contributed by atoms with van der Waals surface area (Å²) in [7, 11) is 0. The molecule has 0 aliphatic carbocycles. The molecule has 0 aliphatic heterocycles. The third kappa shape index (κ3) is 3.12. The predicted molar refractivity (Wildman–Crippen MR) is 77.3 cm³/mol. The first kappa shape index (κ1) is 13.6. The maximum Gasteiger partial charge on any atom is 0.119 e. The van der Waals surface area contributed by atoms with Gasteiger partial charge < -0.3 is 10.5 Å². The van der Waals surface area contributed by atoms with Crippen LogP contribution in [0.3, 0.4) is 0 Å². The molecule has 1 aromatic heterocycles. The maximum atomic E-state index is 6.34. The largest absolute Gasteiger partial charge is 0.494 e. The first-order chi connectivity index (χ1) is 9.26. The van der Waals surface area contributed by atoms with Gasteiger partial charge in [-0.1, -0.05) is 25.1 Å². The van der Waals surface area contributed by atoms with E-state index >= 15 is 0 Å². The SMILES string of the molecule is CCOc1cccc(C(N)c2ncccc2CC)c1. The number of benzene rings is 1. The number of ether oxygens (including phenoxy) is 1. The number of nitrogens with zero attached hydrogens (tertiary/aromatic N) is 1. The average molecular weight is 256 g/mol. The van der Waals surface area contributed by atoms with Gasteiger partial charge in [0.1, 0.15) is 5.75 Å². The van der Waals surface area contributed by atoms with Gasteiger partial charge in [0.2, 0.25) is 0 Å². The maximum absolute atomic E-state index is 6.34. The average Bonchev–Trinajstić information content (AvgIpc) is 2.47. The molecule has 3 nitrogen and oxygen atoms in total. The molecule has 0 bridgehead atoms. The fourth-order valence-electron chi connectivity index (χ4n) is 2.15. The van der Waals surface area contributed by atoms with E-state index in [4.69, 9.17) is 10.5 Å². The topological polar surface area (TPSA) is 48.1 Å². The fourth-order valence-corrected chi connectivity index (χ4v) is 2.15. The molecule has 0 aliphatic rings. The highest BCUT2D eigenvalue weighted by atomic mass is 16.5. The highest BCUT2D eigenvalue weighted by Gasteiger charge is 2.14. The Balaban J connectivity index is 2.32. The first-order valence-electron chi connectivity index (χ1n) is 6.68. The van der Waals surface area contributed by atoms with E-state index in [2.05, 4.69) is 18.0 Å². The van der Waals surface area contributed by atoms with Crippen LogP contribution in [0.25, 0.3) is 0 Å². The summed E-state index contributed by atoms with van der Waals surface area (Å²) in [5.41, 5.74) is 9.50. The molecule has 0 fully saturated rings. The van der Waals surface area contributed by atoms with Crippen LogP contribution in [-0.2, 0) is 6.42 Å². The third-order valence-electron chi connectivity index (χ3n) is 3.13. The second-order valence-electron chi connectivity index (χ2n) is 4.38. The lowest BCUT2D eigenvalue weighted by atomic mass is 9.99. The van der Waals surface area contributed by atoms with Crippen molar-refractivity contribution < 1.29 is 4.74 Å². The Bertz CT molecular complexity index is 540. The van der Waals surface area contributed by atoms with E-state index in [1.165, 1.54) is 5.56 Å². The van der Waals surface area contributed by atoms with Gasteiger partial charge in [-0.3, -0.25) is 4.98 Å². The van der Waals surface area contributed by atoms with Crippen molar-refractivity contribution in [1.82, 2.24) is 4.98 Å². The second-order valence-corrected chi connectivity index (χ2v) is 4.38. The van der Waals surface area contributed by atoms with E-state index in [0.717, 1.165) is 23.4 Å². The summed E-state index contributed by atoms with van der Waals surface area (Å²) in [5.74, 6) is 0.851. The number of aryl methyl sites for hydroxylation is 1. The summed E-state index contributed by atoms with van der Waals surface area (Å²) in [6, 6.07) is 11.7. The van der Waals surface area contributed by atoms with Crippen LogP contribution in [0.2, 0.25) is 0 Å². The molecule has 2 aromatic rings.